The van der Waals surface area contributed by atoms with Crippen LogP contribution in [-0.2, 0) is 0 Å². The van der Waals surface area contributed by atoms with Crippen molar-refractivity contribution in [3.05, 3.63) is 40.8 Å². The third kappa shape index (κ3) is 4.10. The van der Waals surface area contributed by atoms with Crippen molar-refractivity contribution in [3.8, 4) is 17.2 Å². The van der Waals surface area contributed by atoms with Crippen LogP contribution in [0.25, 0.3) is 11.0 Å². The first-order chi connectivity index (χ1) is 11.6. The maximum atomic E-state index is 12.3. The first-order valence-corrected chi connectivity index (χ1v) is 8.16. The molecule has 0 N–H and O–H groups in total. The van der Waals surface area contributed by atoms with Gasteiger partial charge in [0, 0.05) is 0 Å². The number of benzene rings is 1. The predicted molar refractivity (Wildman–Crippen MR) is 94.3 cm³/mol. The number of methoxy groups -OCH3 is 1. The van der Waals surface area contributed by atoms with Crippen molar-refractivity contribution in [2.75, 3.05) is 13.7 Å². The second kappa shape index (κ2) is 8.43. The first-order valence-electron chi connectivity index (χ1n) is 8.16. The summed E-state index contributed by atoms with van der Waals surface area (Å²) in [5.41, 5.74) is -0.141. The molecule has 0 amide bonds. The fourth-order valence-electron chi connectivity index (χ4n) is 2.33. The molecule has 0 radical (unpaired) electrons. The third-order valence-electron chi connectivity index (χ3n) is 3.32. The molecule has 0 unspecified atom stereocenters. The molecule has 2 aromatic rings. The van der Waals surface area contributed by atoms with E-state index in [1.807, 2.05) is 19.9 Å². The van der Waals surface area contributed by atoms with Crippen LogP contribution in [0.1, 0.15) is 33.6 Å². The van der Waals surface area contributed by atoms with Gasteiger partial charge in [0.2, 0.25) is 5.75 Å². The minimum atomic E-state index is -0.552. The van der Waals surface area contributed by atoms with Crippen molar-refractivity contribution in [2.45, 2.75) is 39.7 Å². The van der Waals surface area contributed by atoms with Gasteiger partial charge in [0.15, 0.2) is 5.75 Å². The molecule has 0 bridgehead atoms. The van der Waals surface area contributed by atoms with Crippen LogP contribution in [0, 0.1) is 0 Å². The first kappa shape index (κ1) is 17.9. The minimum Gasteiger partial charge on any atom is -0.496 e. The summed E-state index contributed by atoms with van der Waals surface area (Å²) >= 11 is 0. The average Bonchev–Trinajstić information content (AvgIpc) is 2.56. The molecule has 0 spiro atoms. The summed E-state index contributed by atoms with van der Waals surface area (Å²) in [5.74, 6) is 1.03. The van der Waals surface area contributed by atoms with Crippen LogP contribution in [0.3, 0.4) is 0 Å². The van der Waals surface area contributed by atoms with Gasteiger partial charge in [-0.3, -0.25) is 0 Å². The highest BCUT2D eigenvalue weighted by Gasteiger charge is 2.21. The van der Waals surface area contributed by atoms with Gasteiger partial charge >= 0.3 is 5.63 Å². The summed E-state index contributed by atoms with van der Waals surface area (Å²) < 4.78 is 22.3. The number of allylic oxidation sites excluding steroid dienone is 1. The predicted octanol–water partition coefficient (Wildman–Crippen LogP) is 4.32. The molecule has 2 rings (SSSR count). The number of hydrogen-bond acceptors (Lipinski definition) is 5. The Morgan fingerprint density at radius 3 is 2.67 bits per heavy atom. The van der Waals surface area contributed by atoms with Crippen molar-refractivity contribution in [2.24, 2.45) is 0 Å². The van der Waals surface area contributed by atoms with Crippen molar-refractivity contribution < 1.29 is 18.6 Å². The van der Waals surface area contributed by atoms with Crippen LogP contribution in [0.2, 0.25) is 0 Å². The van der Waals surface area contributed by atoms with Gasteiger partial charge in [-0.15, -0.1) is 0 Å². The van der Waals surface area contributed by atoms with Gasteiger partial charge in [-0.25, -0.2) is 4.79 Å². The van der Waals surface area contributed by atoms with E-state index in [0.29, 0.717) is 29.1 Å². The van der Waals surface area contributed by atoms with E-state index < -0.39 is 5.63 Å². The summed E-state index contributed by atoms with van der Waals surface area (Å²) in [5, 5.41) is 0.606. The highest BCUT2D eigenvalue weighted by Crippen LogP contribution is 2.39. The molecule has 0 saturated heterocycles. The molecule has 0 fully saturated rings. The molecule has 1 aromatic carbocycles. The Hall–Kier alpha value is -2.43. The quantitative estimate of drug-likeness (QED) is 0.409. The lowest BCUT2D eigenvalue weighted by Gasteiger charge is -2.16. The SMILES string of the molecule is CCC=CCCOc1c(OC(C)C)c(=O)oc2cccc(OC)c12. The van der Waals surface area contributed by atoms with Gasteiger partial charge in [0.25, 0.3) is 0 Å². The summed E-state index contributed by atoms with van der Waals surface area (Å²) in [6.45, 7) is 6.20. The molecule has 5 heteroatoms. The van der Waals surface area contributed by atoms with Crippen molar-refractivity contribution in [1.82, 2.24) is 0 Å². The molecule has 24 heavy (non-hydrogen) atoms. The Morgan fingerprint density at radius 2 is 2.00 bits per heavy atom. The van der Waals surface area contributed by atoms with Gasteiger partial charge in [0.1, 0.15) is 16.7 Å². The van der Waals surface area contributed by atoms with E-state index in [9.17, 15) is 4.79 Å². The number of fused-ring (bicyclic) bond motifs is 1. The molecule has 1 heterocycles. The lowest BCUT2D eigenvalue weighted by molar-refractivity contribution is 0.212. The Morgan fingerprint density at radius 1 is 1.21 bits per heavy atom. The smallest absolute Gasteiger partial charge is 0.383 e. The molecule has 0 aliphatic rings. The summed E-state index contributed by atoms with van der Waals surface area (Å²) in [6.07, 6.45) is 5.67. The van der Waals surface area contributed by atoms with E-state index in [0.717, 1.165) is 12.8 Å². The Bertz CT molecular complexity index is 758. The zero-order valence-electron chi connectivity index (χ0n) is 14.6. The molecular formula is C19H24O5. The highest BCUT2D eigenvalue weighted by molar-refractivity contribution is 5.91. The second-order valence-electron chi connectivity index (χ2n) is 5.56. The van der Waals surface area contributed by atoms with Crippen molar-refractivity contribution >= 4 is 11.0 Å². The maximum absolute atomic E-state index is 12.3. The zero-order valence-corrected chi connectivity index (χ0v) is 14.6. The van der Waals surface area contributed by atoms with Crippen LogP contribution in [0.5, 0.6) is 17.2 Å². The minimum absolute atomic E-state index is 0.0847. The lowest BCUT2D eigenvalue weighted by atomic mass is 10.2. The average molecular weight is 332 g/mol. The van der Waals surface area contributed by atoms with Crippen LogP contribution in [-0.4, -0.2) is 19.8 Å². The molecule has 1 aromatic heterocycles. The molecule has 5 nitrogen and oxygen atoms in total. The van der Waals surface area contributed by atoms with E-state index in [1.54, 1.807) is 25.3 Å². The van der Waals surface area contributed by atoms with Crippen molar-refractivity contribution in [1.29, 1.82) is 0 Å². The second-order valence-corrected chi connectivity index (χ2v) is 5.56. The Kier molecular flexibility index (Phi) is 6.29. The number of hydrogen-bond donors (Lipinski definition) is 0. The van der Waals surface area contributed by atoms with Gasteiger partial charge in [-0.1, -0.05) is 25.1 Å². The molecule has 0 saturated carbocycles. The molecule has 130 valence electrons. The van der Waals surface area contributed by atoms with Gasteiger partial charge in [-0.05, 0) is 38.8 Å². The monoisotopic (exact) mass is 332 g/mol. The third-order valence-corrected chi connectivity index (χ3v) is 3.32. The standard InChI is InChI=1S/C19H24O5/c1-5-6-7-8-12-22-17-16-14(21-4)10-9-11-15(16)24-19(20)18(17)23-13(2)3/h6-7,9-11,13H,5,8,12H2,1-4H3. The molecule has 0 aliphatic heterocycles. The van der Waals surface area contributed by atoms with E-state index in [1.165, 1.54) is 0 Å². The zero-order chi connectivity index (χ0) is 17.5. The van der Waals surface area contributed by atoms with Crippen LogP contribution < -0.4 is 19.8 Å². The maximum Gasteiger partial charge on any atom is 0.383 e. The number of ether oxygens (including phenoxy) is 3. The van der Waals surface area contributed by atoms with Crippen molar-refractivity contribution in [3.63, 3.8) is 0 Å². The molecule has 0 aliphatic carbocycles. The molecular weight excluding hydrogens is 308 g/mol. The summed E-state index contributed by atoms with van der Waals surface area (Å²) in [6, 6.07) is 5.27. The van der Waals surface area contributed by atoms with E-state index >= 15 is 0 Å². The fraction of sp³-hybridized carbons (Fsp3) is 0.421. The van der Waals surface area contributed by atoms with Gasteiger partial charge < -0.3 is 18.6 Å². The van der Waals surface area contributed by atoms with E-state index in [-0.39, 0.29) is 11.9 Å². The lowest BCUT2D eigenvalue weighted by Crippen LogP contribution is -2.15. The van der Waals surface area contributed by atoms with E-state index in [2.05, 4.69) is 13.0 Å². The Balaban J connectivity index is 2.51. The van der Waals surface area contributed by atoms with Crippen LogP contribution in [0.15, 0.2) is 39.6 Å². The Labute approximate surface area is 141 Å². The number of rotatable bonds is 8. The topological polar surface area (TPSA) is 57.9 Å². The molecule has 0 atom stereocenters. The fourth-order valence-corrected chi connectivity index (χ4v) is 2.33. The largest absolute Gasteiger partial charge is 0.496 e. The van der Waals surface area contributed by atoms with Crippen LogP contribution in [0.4, 0.5) is 0 Å². The van der Waals surface area contributed by atoms with Crippen LogP contribution >= 0.6 is 0 Å². The normalized spacial score (nSPS) is 11.4. The van der Waals surface area contributed by atoms with Gasteiger partial charge in [0.05, 0.1) is 19.8 Å². The van der Waals surface area contributed by atoms with E-state index in [4.69, 9.17) is 18.6 Å². The summed E-state index contributed by atoms with van der Waals surface area (Å²) in [4.78, 5) is 12.3. The van der Waals surface area contributed by atoms with Gasteiger partial charge in [-0.2, -0.15) is 0 Å². The summed E-state index contributed by atoms with van der Waals surface area (Å²) in [7, 11) is 1.57. The highest BCUT2D eigenvalue weighted by atomic mass is 16.5.